The smallest absolute Gasteiger partial charge is 0.185 e. The fourth-order valence-electron chi connectivity index (χ4n) is 1.83. The van der Waals surface area contributed by atoms with E-state index in [0.717, 1.165) is 5.56 Å². The molecule has 0 aliphatic carbocycles. The molecule has 0 atom stereocenters. The zero-order valence-electron chi connectivity index (χ0n) is 11.5. The lowest BCUT2D eigenvalue weighted by molar-refractivity contribution is 0.104. The quantitative estimate of drug-likeness (QED) is 0.619. The Bertz CT molecular complexity index is 591. The molecule has 0 aliphatic rings. The predicted octanol–water partition coefficient (Wildman–Crippen LogP) is 3.44. The Morgan fingerprint density at radius 2 is 1.95 bits per heavy atom. The van der Waals surface area contributed by atoms with Crippen molar-refractivity contribution in [2.75, 3.05) is 0 Å². The number of allylic oxidation sites excluding steroid dienone is 1. The van der Waals surface area contributed by atoms with Crippen molar-refractivity contribution in [3.63, 3.8) is 0 Å². The van der Waals surface area contributed by atoms with E-state index in [9.17, 15) is 4.79 Å². The largest absolute Gasteiger partial charge is 0.289 e. The van der Waals surface area contributed by atoms with Crippen LogP contribution in [0.1, 0.15) is 41.3 Å². The Balaban J connectivity index is 2.09. The van der Waals surface area contributed by atoms with Crippen molar-refractivity contribution >= 4 is 11.9 Å². The first-order chi connectivity index (χ1) is 9.06. The topological polar surface area (TPSA) is 34.9 Å². The van der Waals surface area contributed by atoms with E-state index in [4.69, 9.17) is 0 Å². The number of carbonyl (C=O) groups is 1. The van der Waals surface area contributed by atoms with Crippen molar-refractivity contribution in [2.24, 2.45) is 7.05 Å². The summed E-state index contributed by atoms with van der Waals surface area (Å²) in [4.78, 5) is 12.0. The average Bonchev–Trinajstić information content (AvgIpc) is 2.82. The van der Waals surface area contributed by atoms with Gasteiger partial charge in [0.25, 0.3) is 0 Å². The number of aromatic nitrogens is 2. The van der Waals surface area contributed by atoms with E-state index >= 15 is 0 Å². The molecule has 0 aliphatic heterocycles. The maximum atomic E-state index is 12.0. The lowest BCUT2D eigenvalue weighted by Crippen LogP contribution is -1.95. The van der Waals surface area contributed by atoms with Crippen LogP contribution in [0, 0.1) is 0 Å². The van der Waals surface area contributed by atoms with Gasteiger partial charge in [-0.2, -0.15) is 5.10 Å². The van der Waals surface area contributed by atoms with Gasteiger partial charge >= 0.3 is 0 Å². The normalized spacial score (nSPS) is 11.4. The summed E-state index contributed by atoms with van der Waals surface area (Å²) in [6.45, 7) is 4.28. The maximum Gasteiger partial charge on any atom is 0.185 e. The van der Waals surface area contributed by atoms with Crippen LogP contribution in [0.5, 0.6) is 0 Å². The molecule has 19 heavy (non-hydrogen) atoms. The molecule has 1 heterocycles. The summed E-state index contributed by atoms with van der Waals surface area (Å²) in [7, 11) is 1.85. The van der Waals surface area contributed by atoms with Gasteiger partial charge < -0.3 is 0 Å². The van der Waals surface area contributed by atoms with Crippen LogP contribution in [0.15, 0.2) is 42.7 Å². The van der Waals surface area contributed by atoms with Crippen LogP contribution in [-0.2, 0) is 7.05 Å². The monoisotopic (exact) mass is 254 g/mol. The average molecular weight is 254 g/mol. The molecule has 0 amide bonds. The highest BCUT2D eigenvalue weighted by molar-refractivity contribution is 6.06. The zero-order valence-corrected chi connectivity index (χ0v) is 11.5. The summed E-state index contributed by atoms with van der Waals surface area (Å²) < 4.78 is 1.71. The minimum Gasteiger partial charge on any atom is -0.289 e. The third kappa shape index (κ3) is 3.41. The molecule has 0 saturated heterocycles. The van der Waals surface area contributed by atoms with Gasteiger partial charge in [-0.15, -0.1) is 0 Å². The zero-order chi connectivity index (χ0) is 13.8. The van der Waals surface area contributed by atoms with Crippen LogP contribution in [0.4, 0.5) is 0 Å². The standard InChI is InChI=1S/C16H18N2O/c1-12(2)14-5-7-15(8-6-14)16(19)9-4-13-10-17-18(3)11-13/h4-12H,1-3H3/b9-4+. The van der Waals surface area contributed by atoms with Crippen LogP contribution in [0.25, 0.3) is 6.08 Å². The summed E-state index contributed by atoms with van der Waals surface area (Å²) in [5.74, 6) is 0.495. The van der Waals surface area contributed by atoms with Crippen LogP contribution in [-0.4, -0.2) is 15.6 Å². The Morgan fingerprint density at radius 1 is 1.26 bits per heavy atom. The van der Waals surface area contributed by atoms with Gasteiger partial charge in [-0.25, -0.2) is 0 Å². The molecule has 3 heteroatoms. The summed E-state index contributed by atoms with van der Waals surface area (Å²) in [5.41, 5.74) is 2.88. The van der Waals surface area contributed by atoms with Crippen molar-refractivity contribution in [3.05, 3.63) is 59.4 Å². The Morgan fingerprint density at radius 3 is 2.47 bits per heavy atom. The first kappa shape index (κ1) is 13.3. The third-order valence-corrected chi connectivity index (χ3v) is 3.01. The number of rotatable bonds is 4. The van der Waals surface area contributed by atoms with Crippen LogP contribution in [0.3, 0.4) is 0 Å². The highest BCUT2D eigenvalue weighted by Crippen LogP contribution is 2.15. The Hall–Kier alpha value is -2.16. The molecular formula is C16H18N2O. The number of aryl methyl sites for hydroxylation is 1. The van der Waals surface area contributed by atoms with Crippen molar-refractivity contribution in [1.82, 2.24) is 9.78 Å². The van der Waals surface area contributed by atoms with Gasteiger partial charge in [0.05, 0.1) is 6.20 Å². The molecule has 0 fully saturated rings. The summed E-state index contributed by atoms with van der Waals surface area (Å²) in [6, 6.07) is 7.78. The lowest BCUT2D eigenvalue weighted by Gasteiger charge is -2.04. The summed E-state index contributed by atoms with van der Waals surface area (Å²) in [5, 5.41) is 4.05. The molecule has 3 nitrogen and oxygen atoms in total. The maximum absolute atomic E-state index is 12.0. The summed E-state index contributed by atoms with van der Waals surface area (Å²) in [6.07, 6.45) is 6.96. The molecule has 0 N–H and O–H groups in total. The number of benzene rings is 1. The fraction of sp³-hybridized carbons (Fsp3) is 0.250. The van der Waals surface area contributed by atoms with E-state index in [0.29, 0.717) is 11.5 Å². The van der Waals surface area contributed by atoms with E-state index in [1.807, 2.05) is 37.5 Å². The second-order valence-corrected chi connectivity index (χ2v) is 4.92. The van der Waals surface area contributed by atoms with E-state index < -0.39 is 0 Å². The van der Waals surface area contributed by atoms with Gasteiger partial charge in [0.2, 0.25) is 0 Å². The molecule has 2 rings (SSSR count). The molecule has 0 spiro atoms. The Kier molecular flexibility index (Phi) is 3.95. The second kappa shape index (κ2) is 5.65. The van der Waals surface area contributed by atoms with E-state index in [1.54, 1.807) is 23.0 Å². The fourth-order valence-corrected chi connectivity index (χ4v) is 1.83. The lowest BCUT2D eigenvalue weighted by atomic mass is 10.0. The van der Waals surface area contributed by atoms with Gasteiger partial charge in [0.1, 0.15) is 0 Å². The van der Waals surface area contributed by atoms with Gasteiger partial charge in [0, 0.05) is 24.4 Å². The predicted molar refractivity (Wildman–Crippen MR) is 77.1 cm³/mol. The molecule has 1 aromatic carbocycles. The number of nitrogens with zero attached hydrogens (tertiary/aromatic N) is 2. The molecule has 0 unspecified atom stereocenters. The van der Waals surface area contributed by atoms with Crippen molar-refractivity contribution in [2.45, 2.75) is 19.8 Å². The minimum absolute atomic E-state index is 0.0131. The van der Waals surface area contributed by atoms with Gasteiger partial charge in [-0.1, -0.05) is 38.1 Å². The van der Waals surface area contributed by atoms with Crippen molar-refractivity contribution in [1.29, 1.82) is 0 Å². The van der Waals surface area contributed by atoms with E-state index in [2.05, 4.69) is 18.9 Å². The number of hydrogen-bond acceptors (Lipinski definition) is 2. The van der Waals surface area contributed by atoms with Crippen molar-refractivity contribution < 1.29 is 4.79 Å². The molecule has 0 saturated carbocycles. The first-order valence-electron chi connectivity index (χ1n) is 6.37. The van der Waals surface area contributed by atoms with Crippen LogP contribution in [0.2, 0.25) is 0 Å². The number of carbonyl (C=O) groups excluding carboxylic acids is 1. The van der Waals surface area contributed by atoms with Crippen LogP contribution < -0.4 is 0 Å². The number of hydrogen-bond donors (Lipinski definition) is 0. The molecular weight excluding hydrogens is 236 g/mol. The molecule has 1 aromatic heterocycles. The van der Waals surface area contributed by atoms with Gasteiger partial charge in [0.15, 0.2) is 5.78 Å². The number of ketones is 1. The third-order valence-electron chi connectivity index (χ3n) is 3.01. The Labute approximate surface area is 113 Å². The highest BCUT2D eigenvalue weighted by atomic mass is 16.1. The highest BCUT2D eigenvalue weighted by Gasteiger charge is 2.03. The van der Waals surface area contributed by atoms with Crippen molar-refractivity contribution in [3.8, 4) is 0 Å². The molecule has 2 aromatic rings. The van der Waals surface area contributed by atoms with Gasteiger partial charge in [-0.05, 0) is 23.6 Å². The molecule has 0 radical (unpaired) electrons. The van der Waals surface area contributed by atoms with Gasteiger partial charge in [-0.3, -0.25) is 9.48 Å². The van der Waals surface area contributed by atoms with Crippen LogP contribution >= 0.6 is 0 Å². The second-order valence-electron chi connectivity index (χ2n) is 4.92. The first-order valence-corrected chi connectivity index (χ1v) is 6.37. The van der Waals surface area contributed by atoms with E-state index in [-0.39, 0.29) is 5.78 Å². The van der Waals surface area contributed by atoms with E-state index in [1.165, 1.54) is 5.56 Å². The SMILES string of the molecule is CC(C)c1ccc(C(=O)/C=C/c2cnn(C)c2)cc1. The molecule has 98 valence electrons. The molecule has 0 bridgehead atoms. The minimum atomic E-state index is 0.0131. The summed E-state index contributed by atoms with van der Waals surface area (Å²) >= 11 is 0.